The van der Waals surface area contributed by atoms with Gasteiger partial charge in [0.2, 0.25) is 0 Å². The van der Waals surface area contributed by atoms with Gasteiger partial charge in [0.1, 0.15) is 11.9 Å². The molecule has 1 rings (SSSR count). The Morgan fingerprint density at radius 1 is 1.05 bits per heavy atom. The van der Waals surface area contributed by atoms with Crippen molar-refractivity contribution in [1.29, 1.82) is 0 Å². The molecule has 0 saturated heterocycles. The van der Waals surface area contributed by atoms with Gasteiger partial charge in [0.25, 0.3) is 10.0 Å². The van der Waals surface area contributed by atoms with Crippen LogP contribution in [0, 0.1) is 5.92 Å². The van der Waals surface area contributed by atoms with Crippen molar-refractivity contribution in [2.45, 2.75) is 51.7 Å². The van der Waals surface area contributed by atoms with Crippen molar-refractivity contribution >= 4 is 16.1 Å². The molecule has 0 radical (unpaired) electrons. The number of nitrogens with one attached hydrogen (secondary N) is 1. The maximum Gasteiger partial charge on any atom is 0.421 e. The van der Waals surface area contributed by atoms with Gasteiger partial charge in [0, 0.05) is 0 Å². The van der Waals surface area contributed by atoms with Gasteiger partial charge in [-0.25, -0.2) is 17.9 Å². The predicted molar refractivity (Wildman–Crippen MR) is 83.3 cm³/mol. The van der Waals surface area contributed by atoms with Crippen LogP contribution in [-0.4, -0.2) is 26.7 Å². The summed E-state index contributed by atoms with van der Waals surface area (Å²) in [5.74, 6) is 0.658. The molecule has 0 bridgehead atoms. The van der Waals surface area contributed by atoms with Crippen LogP contribution >= 0.6 is 0 Å². The van der Waals surface area contributed by atoms with E-state index < -0.39 is 16.1 Å². The maximum absolute atomic E-state index is 12.1. The molecule has 22 heavy (non-hydrogen) atoms. The molecule has 0 heterocycles. The van der Waals surface area contributed by atoms with Gasteiger partial charge in [-0.3, -0.25) is 0 Å². The first-order chi connectivity index (χ1) is 10.1. The lowest BCUT2D eigenvalue weighted by molar-refractivity contribution is 0.0869. The van der Waals surface area contributed by atoms with Crippen molar-refractivity contribution in [3.05, 3.63) is 24.3 Å². The first-order valence-corrected chi connectivity index (χ1v) is 8.60. The molecular weight excluding hydrogens is 306 g/mol. The fraction of sp³-hybridized carbons (Fsp3) is 0.533. The van der Waals surface area contributed by atoms with Crippen molar-refractivity contribution in [3.63, 3.8) is 0 Å². The van der Waals surface area contributed by atoms with E-state index in [1.807, 2.05) is 32.4 Å². The molecule has 1 aromatic rings. The lowest BCUT2D eigenvalue weighted by Gasteiger charge is -2.17. The van der Waals surface area contributed by atoms with E-state index in [1.165, 1.54) is 24.3 Å². The third-order valence-electron chi connectivity index (χ3n) is 2.96. The third-order valence-corrected chi connectivity index (χ3v) is 4.28. The second kappa shape index (κ2) is 7.49. The van der Waals surface area contributed by atoms with Crippen LogP contribution in [0.1, 0.15) is 34.6 Å². The quantitative estimate of drug-likeness (QED) is 0.868. The fourth-order valence-electron chi connectivity index (χ4n) is 1.47. The molecule has 7 heteroatoms. The summed E-state index contributed by atoms with van der Waals surface area (Å²) in [7, 11) is -3.96. The molecule has 0 aliphatic rings. The van der Waals surface area contributed by atoms with Crippen LogP contribution in [0.15, 0.2) is 29.2 Å². The summed E-state index contributed by atoms with van der Waals surface area (Å²) in [5.41, 5.74) is 0. The van der Waals surface area contributed by atoms with E-state index in [1.54, 1.807) is 6.92 Å². The highest BCUT2D eigenvalue weighted by Gasteiger charge is 2.21. The maximum atomic E-state index is 12.1. The van der Waals surface area contributed by atoms with Gasteiger partial charge < -0.3 is 9.47 Å². The molecule has 0 aliphatic carbocycles. The minimum atomic E-state index is -3.96. The average molecular weight is 329 g/mol. The largest absolute Gasteiger partial charge is 0.491 e. The second-order valence-electron chi connectivity index (χ2n) is 5.60. The highest BCUT2D eigenvalue weighted by Crippen LogP contribution is 2.17. The zero-order valence-electron chi connectivity index (χ0n) is 13.5. The van der Waals surface area contributed by atoms with E-state index in [2.05, 4.69) is 0 Å². The number of ether oxygens (including phenoxy) is 2. The number of sulfonamides is 1. The van der Waals surface area contributed by atoms with E-state index in [0.717, 1.165) is 0 Å². The SMILES string of the molecule is CC(C)Oc1ccc(S(=O)(=O)NC(=O)OC(C)C(C)C)cc1. The number of carbonyl (C=O) groups is 1. The Morgan fingerprint density at radius 2 is 1.59 bits per heavy atom. The molecule has 124 valence electrons. The molecular formula is C15H23NO5S. The van der Waals surface area contributed by atoms with Crippen LogP contribution in [-0.2, 0) is 14.8 Å². The van der Waals surface area contributed by atoms with Gasteiger partial charge >= 0.3 is 6.09 Å². The third kappa shape index (κ3) is 5.55. The van der Waals surface area contributed by atoms with Gasteiger partial charge in [0.05, 0.1) is 11.0 Å². The Kier molecular flexibility index (Phi) is 6.22. The zero-order chi connectivity index (χ0) is 16.9. The minimum absolute atomic E-state index is 0.00641. The van der Waals surface area contributed by atoms with E-state index >= 15 is 0 Å². The standard InChI is InChI=1S/C15H23NO5S/c1-10(2)12(5)21-15(17)16-22(18,19)14-8-6-13(7-9-14)20-11(3)4/h6-12H,1-5H3,(H,16,17). The molecule has 0 spiro atoms. The monoisotopic (exact) mass is 329 g/mol. The van der Waals surface area contributed by atoms with Crippen LogP contribution in [0.5, 0.6) is 5.75 Å². The summed E-state index contributed by atoms with van der Waals surface area (Å²) in [5, 5.41) is 0. The summed E-state index contributed by atoms with van der Waals surface area (Å²) in [6.07, 6.45) is -1.37. The highest BCUT2D eigenvalue weighted by atomic mass is 32.2. The van der Waals surface area contributed by atoms with E-state index in [4.69, 9.17) is 9.47 Å². The van der Waals surface area contributed by atoms with Gasteiger partial charge in [0.15, 0.2) is 0 Å². The lowest BCUT2D eigenvalue weighted by Crippen LogP contribution is -2.34. The topological polar surface area (TPSA) is 81.7 Å². The Balaban J connectivity index is 2.75. The Morgan fingerprint density at radius 3 is 2.05 bits per heavy atom. The summed E-state index contributed by atoms with van der Waals surface area (Å²) in [6, 6.07) is 5.83. The number of hydrogen-bond donors (Lipinski definition) is 1. The summed E-state index contributed by atoms with van der Waals surface area (Å²) < 4.78 is 36.5. The van der Waals surface area contributed by atoms with Crippen LogP contribution in [0.4, 0.5) is 4.79 Å². The molecule has 1 amide bonds. The smallest absolute Gasteiger partial charge is 0.421 e. The highest BCUT2D eigenvalue weighted by molar-refractivity contribution is 7.90. The van der Waals surface area contributed by atoms with Crippen LogP contribution in [0.25, 0.3) is 0 Å². The molecule has 1 N–H and O–H groups in total. The molecule has 0 aliphatic heterocycles. The molecule has 0 aromatic heterocycles. The Labute approximate surface area is 131 Å². The molecule has 1 aromatic carbocycles. The molecule has 0 fully saturated rings. The van der Waals surface area contributed by atoms with Crippen molar-refractivity contribution in [2.75, 3.05) is 0 Å². The normalized spacial score (nSPS) is 13.0. The average Bonchev–Trinajstić information content (AvgIpc) is 2.37. The number of hydrogen-bond acceptors (Lipinski definition) is 5. The van der Waals surface area contributed by atoms with Gasteiger partial charge in [-0.1, -0.05) is 13.8 Å². The fourth-order valence-corrected chi connectivity index (χ4v) is 2.35. The molecule has 1 unspecified atom stereocenters. The van der Waals surface area contributed by atoms with Crippen molar-refractivity contribution in [1.82, 2.24) is 4.72 Å². The van der Waals surface area contributed by atoms with Crippen molar-refractivity contribution in [3.8, 4) is 5.75 Å². The first-order valence-electron chi connectivity index (χ1n) is 7.12. The summed E-state index contributed by atoms with van der Waals surface area (Å²) in [6.45, 7) is 9.20. The van der Waals surface area contributed by atoms with Gasteiger partial charge in [-0.15, -0.1) is 0 Å². The van der Waals surface area contributed by atoms with Gasteiger partial charge in [-0.05, 0) is 51.0 Å². The number of benzene rings is 1. The minimum Gasteiger partial charge on any atom is -0.491 e. The van der Waals surface area contributed by atoms with E-state index in [0.29, 0.717) is 5.75 Å². The number of amides is 1. The van der Waals surface area contributed by atoms with E-state index in [-0.39, 0.29) is 23.0 Å². The number of carbonyl (C=O) groups excluding carboxylic acids is 1. The Bertz CT molecular complexity index is 593. The van der Waals surface area contributed by atoms with Gasteiger partial charge in [-0.2, -0.15) is 0 Å². The summed E-state index contributed by atoms with van der Waals surface area (Å²) in [4.78, 5) is 11.6. The first kappa shape index (κ1) is 18.3. The van der Waals surface area contributed by atoms with E-state index in [9.17, 15) is 13.2 Å². The van der Waals surface area contributed by atoms with Crippen LogP contribution in [0.2, 0.25) is 0 Å². The van der Waals surface area contributed by atoms with Crippen LogP contribution < -0.4 is 9.46 Å². The molecule has 1 atom stereocenters. The zero-order valence-corrected chi connectivity index (χ0v) is 14.3. The Hall–Kier alpha value is -1.76. The van der Waals surface area contributed by atoms with Crippen molar-refractivity contribution < 1.29 is 22.7 Å². The summed E-state index contributed by atoms with van der Waals surface area (Å²) >= 11 is 0. The van der Waals surface area contributed by atoms with Crippen molar-refractivity contribution in [2.24, 2.45) is 5.92 Å². The lowest BCUT2D eigenvalue weighted by atomic mass is 10.1. The molecule has 6 nitrogen and oxygen atoms in total. The predicted octanol–water partition coefficient (Wildman–Crippen LogP) is 2.93. The molecule has 0 saturated carbocycles. The second-order valence-corrected chi connectivity index (χ2v) is 7.28. The number of rotatable bonds is 6. The van der Waals surface area contributed by atoms with Crippen LogP contribution in [0.3, 0.4) is 0 Å².